The van der Waals surface area contributed by atoms with Gasteiger partial charge in [-0.2, -0.15) is 14.0 Å². The second-order valence-electron chi connectivity index (χ2n) is 3.28. The molecular formula is C7H15ClO6S. The predicted molar refractivity (Wildman–Crippen MR) is 46.6 cm³/mol. The van der Waals surface area contributed by atoms with Gasteiger partial charge in [0.25, 0.3) is 0 Å². The Morgan fingerprint density at radius 1 is 1.33 bits per heavy atom. The Labute approximate surface area is 92.4 Å². The molecule has 0 atom stereocenters. The normalized spacial score (nSPS) is 13.7. The molecule has 0 aliphatic carbocycles. The van der Waals surface area contributed by atoms with Crippen LogP contribution in [0.2, 0.25) is 0 Å². The van der Waals surface area contributed by atoms with Gasteiger partial charge >= 0.3 is 5.97 Å². The van der Waals surface area contributed by atoms with E-state index in [2.05, 4.69) is 8.47 Å². The minimum atomic E-state index is -4.39. The first kappa shape index (κ1) is 14.9. The van der Waals surface area contributed by atoms with Gasteiger partial charge in [-0.3, -0.25) is 4.79 Å². The van der Waals surface area contributed by atoms with Crippen molar-refractivity contribution in [1.82, 2.24) is 0 Å². The first-order valence-electron chi connectivity index (χ1n) is 4.09. The maximum Gasteiger partial charge on any atom is 0.302 e. The highest BCUT2D eigenvalue weighted by Gasteiger charge is 2.31. The van der Waals surface area contributed by atoms with Gasteiger partial charge in [0, 0.05) is 35.5 Å². The Hall–Kier alpha value is -0.0500. The summed E-state index contributed by atoms with van der Waals surface area (Å²) in [5.74, 6) is -0.00679. The van der Waals surface area contributed by atoms with Crippen molar-refractivity contribution >= 4 is 16.3 Å². The van der Waals surface area contributed by atoms with Crippen molar-refractivity contribution in [2.75, 3.05) is 24.9 Å². The van der Waals surface area contributed by atoms with Gasteiger partial charge in [0.05, 0.1) is 16.9 Å². The summed E-state index contributed by atoms with van der Waals surface area (Å²) in [6.45, 7) is 1.49. The van der Waals surface area contributed by atoms with E-state index >= 15 is 0 Å². The van der Waals surface area contributed by atoms with E-state index in [0.29, 0.717) is 12.2 Å². The molecule has 0 aromatic heterocycles. The van der Waals surface area contributed by atoms with E-state index in [1.165, 1.54) is 6.92 Å². The van der Waals surface area contributed by atoms with E-state index in [9.17, 15) is 18.8 Å². The largest absolute Gasteiger partial charge is 0.466 e. The Balaban J connectivity index is 3.79. The zero-order valence-corrected chi connectivity index (χ0v) is 10.4. The molecule has 0 aromatic rings. The van der Waals surface area contributed by atoms with Crippen LogP contribution in [0.3, 0.4) is 0 Å². The number of hydrogen-bond donors (Lipinski definition) is 0. The van der Waals surface area contributed by atoms with Crippen LogP contribution < -0.4 is 14.0 Å². The molecule has 0 saturated carbocycles. The third-order valence-corrected chi connectivity index (χ3v) is 4.59. The number of esters is 1. The molecule has 0 rings (SSSR count). The SMILES string of the molecule is CC(=O)OCCCS(C)(C)O[Cl+3]([O-])([O-])[O-]. The summed E-state index contributed by atoms with van der Waals surface area (Å²) in [7, 11) is -6.33. The van der Waals surface area contributed by atoms with Crippen LogP contribution in [-0.2, 0) is 13.3 Å². The van der Waals surface area contributed by atoms with Crippen LogP contribution in [0.15, 0.2) is 0 Å². The molecule has 0 bridgehead atoms. The molecule has 0 amide bonds. The summed E-state index contributed by atoms with van der Waals surface area (Å²) in [5, 5.41) is 0. The lowest BCUT2D eigenvalue weighted by Gasteiger charge is -2.26. The third kappa shape index (κ3) is 10.2. The molecule has 0 aliphatic heterocycles. The first-order valence-corrected chi connectivity index (χ1v) is 7.86. The van der Waals surface area contributed by atoms with Crippen LogP contribution in [0.4, 0.5) is 0 Å². The minimum Gasteiger partial charge on any atom is -0.466 e. The highest BCUT2D eigenvalue weighted by Crippen LogP contribution is 2.43. The van der Waals surface area contributed by atoms with Gasteiger partial charge in [0.1, 0.15) is 3.74 Å². The molecule has 0 aromatic carbocycles. The number of carbonyl (C=O) groups excluding carboxylic acids is 1. The standard InChI is InChI=1S/C7H15ClO6S/c1-7(9)13-5-4-6-15(2,3)14-8(10,11)12/h4-6H2,1-3H3. The Bertz CT molecular complexity index is 214. The van der Waals surface area contributed by atoms with Gasteiger partial charge in [-0.1, -0.05) is 0 Å². The molecule has 6 nitrogen and oxygen atoms in total. The Morgan fingerprint density at radius 2 is 1.87 bits per heavy atom. The van der Waals surface area contributed by atoms with Crippen LogP contribution in [-0.4, -0.2) is 30.8 Å². The first-order chi connectivity index (χ1) is 6.62. The lowest BCUT2D eigenvalue weighted by atomic mass is 10.5. The number of hydrogen-bond acceptors (Lipinski definition) is 6. The summed E-state index contributed by atoms with van der Waals surface area (Å²) >= 11 is 0. The Morgan fingerprint density at radius 3 is 2.27 bits per heavy atom. The molecule has 0 N–H and O–H groups in total. The minimum absolute atomic E-state index is 0.199. The van der Waals surface area contributed by atoms with Crippen molar-refractivity contribution in [2.24, 2.45) is 0 Å². The molecule has 8 heteroatoms. The molecule has 15 heavy (non-hydrogen) atoms. The summed E-state index contributed by atoms with van der Waals surface area (Å²) < 4.78 is 40.0. The van der Waals surface area contributed by atoms with Crippen molar-refractivity contribution in [2.45, 2.75) is 13.3 Å². The zero-order chi connectivity index (χ0) is 12.1. The lowest BCUT2D eigenvalue weighted by Crippen LogP contribution is -2.61. The fraction of sp³-hybridized carbons (Fsp3) is 0.857. The van der Waals surface area contributed by atoms with Gasteiger partial charge in [-0.25, -0.2) is 0 Å². The summed E-state index contributed by atoms with van der Waals surface area (Å²) in [6.07, 6.45) is 3.58. The molecule has 0 aliphatic rings. The molecule has 0 saturated heterocycles. The van der Waals surface area contributed by atoms with Crippen molar-refractivity contribution in [3.8, 4) is 0 Å². The highest BCUT2D eigenvalue weighted by molar-refractivity contribution is 8.28. The quantitative estimate of drug-likeness (QED) is 0.399. The highest BCUT2D eigenvalue weighted by atomic mass is 35.7. The van der Waals surface area contributed by atoms with Gasteiger partial charge in [0.15, 0.2) is 0 Å². The number of rotatable bonds is 6. The second-order valence-corrected chi connectivity index (χ2v) is 7.82. The van der Waals surface area contributed by atoms with E-state index in [0.717, 1.165) is 0 Å². The van der Waals surface area contributed by atoms with E-state index in [4.69, 9.17) is 0 Å². The van der Waals surface area contributed by atoms with Crippen molar-refractivity contribution in [3.63, 3.8) is 0 Å². The molecule has 92 valence electrons. The van der Waals surface area contributed by atoms with Gasteiger partial charge < -0.3 is 4.74 Å². The lowest BCUT2D eigenvalue weighted by molar-refractivity contribution is -1.91. The van der Waals surface area contributed by atoms with Crippen molar-refractivity contribution < 1.29 is 37.5 Å². The fourth-order valence-corrected chi connectivity index (χ4v) is 3.60. The average Bonchev–Trinajstić information content (AvgIpc) is 1.93. The van der Waals surface area contributed by atoms with Gasteiger partial charge in [0.2, 0.25) is 0 Å². The number of halogens is 1. The van der Waals surface area contributed by atoms with Crippen LogP contribution in [0.1, 0.15) is 13.3 Å². The third-order valence-electron chi connectivity index (χ3n) is 1.33. The van der Waals surface area contributed by atoms with Gasteiger partial charge in [-0.05, 0) is 6.42 Å². The van der Waals surface area contributed by atoms with Crippen LogP contribution >= 0.6 is 10.3 Å². The molecule has 0 heterocycles. The molecular weight excluding hydrogens is 248 g/mol. The van der Waals surface area contributed by atoms with E-state index in [1.807, 2.05) is 0 Å². The van der Waals surface area contributed by atoms with Crippen molar-refractivity contribution in [1.29, 1.82) is 0 Å². The number of carbonyl (C=O) groups is 1. The summed E-state index contributed by atoms with van der Waals surface area (Å²) in [5.41, 5.74) is 0. The van der Waals surface area contributed by atoms with Crippen LogP contribution in [0, 0.1) is 10.2 Å². The average molecular weight is 263 g/mol. The molecule has 0 fully saturated rings. The second kappa shape index (κ2) is 5.88. The van der Waals surface area contributed by atoms with Crippen LogP contribution in [0.25, 0.3) is 0 Å². The monoisotopic (exact) mass is 262 g/mol. The topological polar surface area (TPSA) is 105 Å². The van der Waals surface area contributed by atoms with E-state index in [-0.39, 0.29) is 6.61 Å². The van der Waals surface area contributed by atoms with Crippen molar-refractivity contribution in [3.05, 3.63) is 0 Å². The predicted octanol–water partition coefficient (Wildman–Crippen LogP) is -2.17. The zero-order valence-electron chi connectivity index (χ0n) is 8.86. The van der Waals surface area contributed by atoms with E-state index in [1.54, 1.807) is 12.5 Å². The Kier molecular flexibility index (Phi) is 5.86. The van der Waals surface area contributed by atoms with Crippen LogP contribution in [0.5, 0.6) is 0 Å². The van der Waals surface area contributed by atoms with E-state index < -0.39 is 26.5 Å². The maximum atomic E-state index is 10.4. The maximum absolute atomic E-state index is 10.4. The molecule has 0 spiro atoms. The van der Waals surface area contributed by atoms with Gasteiger partial charge in [-0.15, -0.1) is 0 Å². The fourth-order valence-electron chi connectivity index (χ4n) is 0.863. The summed E-state index contributed by atoms with van der Waals surface area (Å²) in [4.78, 5) is 10.4. The summed E-state index contributed by atoms with van der Waals surface area (Å²) in [6, 6.07) is 0. The smallest absolute Gasteiger partial charge is 0.302 e. The molecule has 0 radical (unpaired) electrons. The number of ether oxygens (including phenoxy) is 1. The molecule has 0 unspecified atom stereocenters.